The Morgan fingerprint density at radius 3 is 2.80 bits per heavy atom. The van der Waals surface area contributed by atoms with E-state index in [1.807, 2.05) is 6.07 Å². The van der Waals surface area contributed by atoms with E-state index in [9.17, 15) is 0 Å². The summed E-state index contributed by atoms with van der Waals surface area (Å²) in [5.41, 5.74) is 5.59. The van der Waals surface area contributed by atoms with Gasteiger partial charge in [0.2, 0.25) is 0 Å². The number of rotatable bonds is 0. The van der Waals surface area contributed by atoms with E-state index in [4.69, 9.17) is 5.73 Å². The number of thiophene rings is 2. The molecule has 2 N–H and O–H groups in total. The van der Waals surface area contributed by atoms with Crippen molar-refractivity contribution in [3.05, 3.63) is 15.9 Å². The van der Waals surface area contributed by atoms with Crippen LogP contribution in [0.5, 0.6) is 0 Å². The smallest absolute Gasteiger partial charge is 0.0898 e. The number of nitrogen functional groups attached to an aromatic ring is 1. The zero-order chi connectivity index (χ0) is 7.14. The van der Waals surface area contributed by atoms with Crippen LogP contribution in [0, 0.1) is 0 Å². The van der Waals surface area contributed by atoms with Crippen molar-refractivity contribution in [1.82, 2.24) is 0 Å². The molecule has 0 saturated heterocycles. The molecule has 0 saturated carbocycles. The number of fused-ring (bicyclic) bond motifs is 1. The van der Waals surface area contributed by atoms with Crippen LogP contribution in [-0.4, -0.2) is 0 Å². The first kappa shape index (κ1) is 6.64. The summed E-state index contributed by atoms with van der Waals surface area (Å²) in [7, 11) is 0. The van der Waals surface area contributed by atoms with Crippen molar-refractivity contribution in [2.24, 2.45) is 0 Å². The Hall–Kier alpha value is -0.0600. The molecular formula is C6H4BrNS2. The van der Waals surface area contributed by atoms with E-state index in [-0.39, 0.29) is 0 Å². The molecule has 1 nitrogen and oxygen atoms in total. The average Bonchev–Trinajstić information content (AvgIpc) is 2.21. The molecule has 0 atom stereocenters. The third-order valence-corrected chi connectivity index (χ3v) is 3.93. The number of anilines is 1. The Kier molecular flexibility index (Phi) is 1.47. The Morgan fingerprint density at radius 1 is 1.30 bits per heavy atom. The number of nitrogens with two attached hydrogens (primary N) is 1. The summed E-state index contributed by atoms with van der Waals surface area (Å²) < 4.78 is 2.47. The Morgan fingerprint density at radius 2 is 2.10 bits per heavy atom. The number of hydrogen-bond acceptors (Lipinski definition) is 3. The minimum Gasteiger partial charge on any atom is -0.391 e. The van der Waals surface area contributed by atoms with Crippen LogP contribution < -0.4 is 5.73 Å². The molecule has 0 aliphatic rings. The second-order valence-electron chi connectivity index (χ2n) is 1.94. The van der Waals surface area contributed by atoms with Gasteiger partial charge in [-0.15, -0.1) is 22.7 Å². The van der Waals surface area contributed by atoms with Crippen LogP contribution in [0.4, 0.5) is 5.00 Å². The third-order valence-electron chi connectivity index (χ3n) is 1.20. The summed E-state index contributed by atoms with van der Waals surface area (Å²) in [5.74, 6) is 0. The van der Waals surface area contributed by atoms with Crippen LogP contribution in [0.2, 0.25) is 0 Å². The van der Waals surface area contributed by atoms with Crippen molar-refractivity contribution in [2.45, 2.75) is 0 Å². The molecule has 4 heteroatoms. The zero-order valence-electron chi connectivity index (χ0n) is 4.93. The average molecular weight is 234 g/mol. The molecule has 0 bridgehead atoms. The molecule has 0 aliphatic heterocycles. The summed E-state index contributed by atoms with van der Waals surface area (Å²) in [4.78, 5) is 0. The van der Waals surface area contributed by atoms with Crippen LogP contribution in [-0.2, 0) is 0 Å². The second kappa shape index (κ2) is 2.22. The monoisotopic (exact) mass is 233 g/mol. The molecule has 0 radical (unpaired) electrons. The number of halogens is 1. The second-order valence-corrected chi connectivity index (χ2v) is 5.72. The predicted molar refractivity (Wildman–Crippen MR) is 51.8 cm³/mol. The van der Waals surface area contributed by atoms with Gasteiger partial charge in [-0.05, 0) is 28.1 Å². The predicted octanol–water partition coefficient (Wildman–Crippen LogP) is 3.31. The summed E-state index contributed by atoms with van der Waals surface area (Å²) in [6, 6.07) is 4.09. The lowest BCUT2D eigenvalue weighted by Gasteiger charge is -1.74. The van der Waals surface area contributed by atoms with E-state index in [1.165, 1.54) is 13.2 Å². The summed E-state index contributed by atoms with van der Waals surface area (Å²) >= 11 is 6.78. The largest absolute Gasteiger partial charge is 0.391 e. The van der Waals surface area contributed by atoms with E-state index >= 15 is 0 Å². The SMILES string of the molecule is Nc1cc2cc(Br)sc2s1. The first-order valence-electron chi connectivity index (χ1n) is 2.70. The lowest BCUT2D eigenvalue weighted by Crippen LogP contribution is -1.72. The minimum atomic E-state index is 0.897. The lowest BCUT2D eigenvalue weighted by molar-refractivity contribution is 1.97. The van der Waals surface area contributed by atoms with Gasteiger partial charge in [0.05, 0.1) is 12.8 Å². The standard InChI is InChI=1S/C6H4BrNS2/c7-4-1-3-2-5(8)10-6(3)9-4/h1-2H,8H2. The molecule has 0 unspecified atom stereocenters. The van der Waals surface area contributed by atoms with Gasteiger partial charge in [0, 0.05) is 5.39 Å². The van der Waals surface area contributed by atoms with Gasteiger partial charge in [-0.2, -0.15) is 0 Å². The molecule has 0 amide bonds. The van der Waals surface area contributed by atoms with Crippen molar-refractivity contribution >= 4 is 53.0 Å². The van der Waals surface area contributed by atoms with Crippen molar-refractivity contribution < 1.29 is 0 Å². The topological polar surface area (TPSA) is 26.0 Å². The Labute approximate surface area is 74.6 Å². The first-order chi connectivity index (χ1) is 4.75. The van der Waals surface area contributed by atoms with E-state index in [0.29, 0.717) is 0 Å². The summed E-state index contributed by atoms with van der Waals surface area (Å²) in [6.07, 6.45) is 0. The fraction of sp³-hybridized carbons (Fsp3) is 0. The fourth-order valence-corrected chi connectivity index (χ4v) is 3.84. The normalized spacial score (nSPS) is 10.9. The highest BCUT2D eigenvalue weighted by Gasteiger charge is 2.01. The van der Waals surface area contributed by atoms with Gasteiger partial charge in [-0.1, -0.05) is 0 Å². The summed E-state index contributed by atoms with van der Waals surface area (Å²) in [5, 5.41) is 2.15. The summed E-state index contributed by atoms with van der Waals surface area (Å²) in [6.45, 7) is 0. The molecule has 0 aliphatic carbocycles. The van der Waals surface area contributed by atoms with Gasteiger partial charge >= 0.3 is 0 Å². The van der Waals surface area contributed by atoms with E-state index in [2.05, 4.69) is 22.0 Å². The molecule has 0 aromatic carbocycles. The van der Waals surface area contributed by atoms with Crippen LogP contribution in [0.1, 0.15) is 0 Å². The van der Waals surface area contributed by atoms with Crippen molar-refractivity contribution in [1.29, 1.82) is 0 Å². The highest BCUT2D eigenvalue weighted by atomic mass is 79.9. The van der Waals surface area contributed by atoms with E-state index in [1.54, 1.807) is 22.7 Å². The highest BCUT2D eigenvalue weighted by molar-refractivity contribution is 9.11. The van der Waals surface area contributed by atoms with Crippen LogP contribution >= 0.6 is 38.6 Å². The maximum atomic E-state index is 5.59. The van der Waals surface area contributed by atoms with Gasteiger partial charge in [0.1, 0.15) is 0 Å². The van der Waals surface area contributed by atoms with Crippen molar-refractivity contribution in [3.8, 4) is 0 Å². The molecule has 2 aromatic heterocycles. The Bertz CT molecular complexity index is 300. The Balaban J connectivity index is 2.83. The van der Waals surface area contributed by atoms with Crippen molar-refractivity contribution in [2.75, 3.05) is 5.73 Å². The minimum absolute atomic E-state index is 0.897. The highest BCUT2D eigenvalue weighted by Crippen LogP contribution is 2.36. The maximum absolute atomic E-state index is 5.59. The lowest BCUT2D eigenvalue weighted by atomic mass is 10.4. The number of hydrogen-bond donors (Lipinski definition) is 1. The van der Waals surface area contributed by atoms with E-state index < -0.39 is 0 Å². The molecular weight excluding hydrogens is 230 g/mol. The van der Waals surface area contributed by atoms with Crippen LogP contribution in [0.15, 0.2) is 15.9 Å². The van der Waals surface area contributed by atoms with Crippen LogP contribution in [0.3, 0.4) is 0 Å². The molecule has 2 rings (SSSR count). The van der Waals surface area contributed by atoms with Gasteiger partial charge in [0.15, 0.2) is 0 Å². The maximum Gasteiger partial charge on any atom is 0.0898 e. The molecule has 0 fully saturated rings. The molecule has 52 valence electrons. The fourth-order valence-electron chi connectivity index (χ4n) is 0.828. The molecule has 2 aromatic rings. The van der Waals surface area contributed by atoms with Crippen LogP contribution in [0.25, 0.3) is 9.40 Å². The third kappa shape index (κ3) is 0.962. The molecule has 10 heavy (non-hydrogen) atoms. The van der Waals surface area contributed by atoms with Gasteiger partial charge in [-0.3, -0.25) is 0 Å². The van der Waals surface area contributed by atoms with Gasteiger partial charge in [-0.25, -0.2) is 0 Å². The van der Waals surface area contributed by atoms with Gasteiger partial charge in [0.25, 0.3) is 0 Å². The van der Waals surface area contributed by atoms with Crippen molar-refractivity contribution in [3.63, 3.8) is 0 Å². The first-order valence-corrected chi connectivity index (χ1v) is 5.12. The zero-order valence-corrected chi connectivity index (χ0v) is 8.15. The molecule has 0 spiro atoms. The van der Waals surface area contributed by atoms with Gasteiger partial charge < -0.3 is 5.73 Å². The molecule has 2 heterocycles. The van der Waals surface area contributed by atoms with E-state index in [0.717, 1.165) is 5.00 Å². The quantitative estimate of drug-likeness (QED) is 0.743.